The quantitative estimate of drug-likeness (QED) is 0.436. The van der Waals surface area contributed by atoms with Gasteiger partial charge in [-0.2, -0.15) is 0 Å². The first kappa shape index (κ1) is 26.2. The second kappa shape index (κ2) is 11.2. The summed E-state index contributed by atoms with van der Waals surface area (Å²) in [6.07, 6.45) is 1.88. The second-order valence-electron chi connectivity index (χ2n) is 11.0. The van der Waals surface area contributed by atoms with Crippen LogP contribution >= 0.6 is 0 Å². The first-order valence-corrected chi connectivity index (χ1v) is 11.5. The predicted molar refractivity (Wildman–Crippen MR) is 131 cm³/mol. The fraction of sp³-hybridized carbons (Fsp3) is 0.571. The third kappa shape index (κ3) is 7.83. The molecule has 1 atom stereocenters. The Balaban J connectivity index is 2.06. The molecule has 0 saturated heterocycles. The minimum absolute atomic E-state index is 0.203. The Kier molecular flexibility index (Phi) is 9.18. The Labute approximate surface area is 194 Å². The molecule has 0 saturated carbocycles. The van der Waals surface area contributed by atoms with Crippen molar-refractivity contribution < 1.29 is 19.3 Å². The number of hydrogen-bond donors (Lipinski definition) is 1. The topological polar surface area (TPSA) is 47.9 Å². The van der Waals surface area contributed by atoms with Crippen molar-refractivity contribution in [3.8, 4) is 11.5 Å². The standard InChI is InChI=1S/C28H42O4/c1-27(2,3)17-25(28(4,5)6)21-9-11-24(12-10-21)32-14-13-20-15-22(18-30-7)26(29)23(16-20)19-31-8/h9-12,15-16,25,29H,13-14,17-19H2,1-8H3. The highest BCUT2D eigenvalue weighted by atomic mass is 16.5. The van der Waals surface area contributed by atoms with Crippen LogP contribution in [0.2, 0.25) is 0 Å². The molecule has 0 fully saturated rings. The summed E-state index contributed by atoms with van der Waals surface area (Å²) in [5.74, 6) is 1.62. The molecule has 2 rings (SSSR count). The summed E-state index contributed by atoms with van der Waals surface area (Å²) in [5.41, 5.74) is 4.49. The Morgan fingerprint density at radius 1 is 0.844 bits per heavy atom. The molecular weight excluding hydrogens is 400 g/mol. The van der Waals surface area contributed by atoms with Gasteiger partial charge in [0.25, 0.3) is 0 Å². The molecule has 4 nitrogen and oxygen atoms in total. The zero-order valence-electron chi connectivity index (χ0n) is 21.2. The molecule has 0 amide bonds. The zero-order valence-corrected chi connectivity index (χ0v) is 21.2. The van der Waals surface area contributed by atoms with Gasteiger partial charge < -0.3 is 19.3 Å². The van der Waals surface area contributed by atoms with E-state index in [0.717, 1.165) is 35.3 Å². The Morgan fingerprint density at radius 2 is 1.38 bits per heavy atom. The summed E-state index contributed by atoms with van der Waals surface area (Å²) in [6.45, 7) is 15.2. The van der Waals surface area contributed by atoms with E-state index in [1.165, 1.54) is 5.56 Å². The lowest BCUT2D eigenvalue weighted by Crippen LogP contribution is -2.23. The van der Waals surface area contributed by atoms with Gasteiger partial charge in [-0.15, -0.1) is 0 Å². The number of phenols is 1. The molecule has 0 bridgehead atoms. The van der Waals surface area contributed by atoms with Crippen molar-refractivity contribution in [3.63, 3.8) is 0 Å². The first-order valence-electron chi connectivity index (χ1n) is 11.5. The van der Waals surface area contributed by atoms with Crippen LogP contribution in [-0.4, -0.2) is 25.9 Å². The molecule has 0 heterocycles. The smallest absolute Gasteiger partial charge is 0.126 e. The molecule has 32 heavy (non-hydrogen) atoms. The second-order valence-corrected chi connectivity index (χ2v) is 11.0. The summed E-state index contributed by atoms with van der Waals surface area (Å²) in [5, 5.41) is 10.4. The van der Waals surface area contributed by atoms with Gasteiger partial charge >= 0.3 is 0 Å². The molecule has 4 heteroatoms. The fourth-order valence-corrected chi connectivity index (χ4v) is 4.13. The number of methoxy groups -OCH3 is 2. The van der Waals surface area contributed by atoms with Gasteiger partial charge in [0.2, 0.25) is 0 Å². The van der Waals surface area contributed by atoms with Crippen LogP contribution in [0.4, 0.5) is 0 Å². The molecule has 0 aliphatic heterocycles. The van der Waals surface area contributed by atoms with Crippen molar-refractivity contribution in [2.45, 2.75) is 73.5 Å². The Bertz CT molecular complexity index is 814. The molecule has 0 spiro atoms. The van der Waals surface area contributed by atoms with Gasteiger partial charge in [0.05, 0.1) is 19.8 Å². The van der Waals surface area contributed by atoms with Gasteiger partial charge in [0, 0.05) is 31.8 Å². The minimum atomic E-state index is 0.203. The molecule has 0 aliphatic carbocycles. The van der Waals surface area contributed by atoms with E-state index in [0.29, 0.717) is 25.7 Å². The van der Waals surface area contributed by atoms with Crippen LogP contribution in [-0.2, 0) is 29.1 Å². The van der Waals surface area contributed by atoms with Gasteiger partial charge in [0.15, 0.2) is 0 Å². The molecule has 178 valence electrons. The lowest BCUT2D eigenvalue weighted by atomic mass is 9.69. The van der Waals surface area contributed by atoms with Crippen molar-refractivity contribution in [2.75, 3.05) is 20.8 Å². The van der Waals surface area contributed by atoms with E-state index in [9.17, 15) is 5.11 Å². The molecule has 2 aromatic rings. The van der Waals surface area contributed by atoms with Crippen LogP contribution < -0.4 is 4.74 Å². The number of hydrogen-bond acceptors (Lipinski definition) is 4. The van der Waals surface area contributed by atoms with E-state index in [4.69, 9.17) is 14.2 Å². The maximum Gasteiger partial charge on any atom is 0.126 e. The summed E-state index contributed by atoms with van der Waals surface area (Å²) >= 11 is 0. The lowest BCUT2D eigenvalue weighted by Gasteiger charge is -2.36. The third-order valence-electron chi connectivity index (χ3n) is 5.73. The van der Waals surface area contributed by atoms with Crippen LogP contribution in [0.1, 0.15) is 76.1 Å². The highest BCUT2D eigenvalue weighted by Gasteiger charge is 2.30. The average molecular weight is 443 g/mol. The van der Waals surface area contributed by atoms with Crippen LogP contribution in [0.3, 0.4) is 0 Å². The van der Waals surface area contributed by atoms with Crippen molar-refractivity contribution in [3.05, 3.63) is 58.7 Å². The van der Waals surface area contributed by atoms with Crippen LogP contribution in [0.15, 0.2) is 36.4 Å². The van der Waals surface area contributed by atoms with Gasteiger partial charge in [-0.25, -0.2) is 0 Å². The summed E-state index contributed by atoms with van der Waals surface area (Å²) in [6, 6.07) is 12.5. The molecule has 0 aliphatic rings. The predicted octanol–water partition coefficient (Wildman–Crippen LogP) is 6.87. The largest absolute Gasteiger partial charge is 0.507 e. The number of aromatic hydroxyl groups is 1. The van der Waals surface area contributed by atoms with Crippen LogP contribution in [0.5, 0.6) is 11.5 Å². The van der Waals surface area contributed by atoms with Crippen molar-refractivity contribution in [1.82, 2.24) is 0 Å². The third-order valence-corrected chi connectivity index (χ3v) is 5.73. The van der Waals surface area contributed by atoms with E-state index >= 15 is 0 Å². The van der Waals surface area contributed by atoms with Gasteiger partial charge in [-0.1, -0.05) is 53.7 Å². The maximum absolute atomic E-state index is 10.4. The van der Waals surface area contributed by atoms with E-state index in [2.05, 4.69) is 65.8 Å². The number of benzene rings is 2. The van der Waals surface area contributed by atoms with Crippen molar-refractivity contribution in [2.24, 2.45) is 10.8 Å². The Morgan fingerprint density at radius 3 is 1.81 bits per heavy atom. The molecule has 2 aromatic carbocycles. The van der Waals surface area contributed by atoms with E-state index in [-0.39, 0.29) is 16.6 Å². The van der Waals surface area contributed by atoms with Crippen LogP contribution in [0.25, 0.3) is 0 Å². The zero-order chi connectivity index (χ0) is 23.9. The monoisotopic (exact) mass is 442 g/mol. The van der Waals surface area contributed by atoms with Gasteiger partial charge in [-0.05, 0) is 58.6 Å². The van der Waals surface area contributed by atoms with E-state index < -0.39 is 0 Å². The van der Waals surface area contributed by atoms with Gasteiger partial charge in [0.1, 0.15) is 11.5 Å². The highest BCUT2D eigenvalue weighted by Crippen LogP contribution is 2.43. The average Bonchev–Trinajstić information content (AvgIpc) is 2.69. The minimum Gasteiger partial charge on any atom is -0.507 e. The first-order chi connectivity index (χ1) is 14.9. The fourth-order valence-electron chi connectivity index (χ4n) is 4.13. The summed E-state index contributed by atoms with van der Waals surface area (Å²) < 4.78 is 16.5. The van der Waals surface area contributed by atoms with E-state index in [1.807, 2.05) is 12.1 Å². The van der Waals surface area contributed by atoms with Gasteiger partial charge in [-0.3, -0.25) is 0 Å². The molecule has 1 unspecified atom stereocenters. The summed E-state index contributed by atoms with van der Waals surface area (Å²) in [7, 11) is 3.25. The normalized spacial score (nSPS) is 13.2. The molecular formula is C28H42O4. The molecule has 1 N–H and O–H groups in total. The highest BCUT2D eigenvalue weighted by molar-refractivity contribution is 5.43. The summed E-state index contributed by atoms with van der Waals surface area (Å²) in [4.78, 5) is 0. The van der Waals surface area contributed by atoms with Crippen molar-refractivity contribution >= 4 is 0 Å². The SMILES string of the molecule is COCc1cc(CCOc2ccc(C(CC(C)(C)C)C(C)(C)C)cc2)cc(COC)c1O. The van der Waals surface area contributed by atoms with E-state index in [1.54, 1.807) is 14.2 Å². The number of ether oxygens (including phenoxy) is 3. The number of phenolic OH excluding ortho intramolecular Hbond substituents is 1. The Hall–Kier alpha value is -2.04. The van der Waals surface area contributed by atoms with Crippen molar-refractivity contribution in [1.29, 1.82) is 0 Å². The molecule has 0 aromatic heterocycles. The molecule has 0 radical (unpaired) electrons. The maximum atomic E-state index is 10.4. The lowest BCUT2D eigenvalue weighted by molar-refractivity contribution is 0.174. The number of rotatable bonds is 10. The van der Waals surface area contributed by atoms with Crippen LogP contribution in [0, 0.1) is 10.8 Å².